The monoisotopic (exact) mass is 567 g/mol. The maximum atomic E-state index is 12.9. The molecule has 2 aliphatic rings. The number of nitrogens with one attached hydrogen (secondary N) is 3. The summed E-state index contributed by atoms with van der Waals surface area (Å²) in [6.45, 7) is 1.05. The van der Waals surface area contributed by atoms with Gasteiger partial charge in [0.1, 0.15) is 9.88 Å². The molecule has 1 aliphatic heterocycles. The van der Waals surface area contributed by atoms with E-state index in [1.54, 1.807) is 23.1 Å². The van der Waals surface area contributed by atoms with Crippen LogP contribution in [-0.4, -0.2) is 98.5 Å². The minimum absolute atomic E-state index is 0.0466. The molecule has 16 heteroatoms. The van der Waals surface area contributed by atoms with Crippen LogP contribution in [0.1, 0.15) is 33.0 Å². The predicted molar refractivity (Wildman–Crippen MR) is 155 cm³/mol. The highest BCUT2D eigenvalue weighted by atomic mass is 32.1. The molecule has 0 bridgehead atoms. The Morgan fingerprint density at radius 1 is 1.17 bits per heavy atom. The number of likely N-dealkylation sites (tertiary alicyclic amines) is 1. The first-order valence-corrected chi connectivity index (χ1v) is 13.6. The predicted octanol–water partition coefficient (Wildman–Crippen LogP) is 0.612. The minimum Gasteiger partial charge on any atom is -0.494 e. The van der Waals surface area contributed by atoms with Crippen molar-refractivity contribution in [3.05, 3.63) is 41.0 Å². The van der Waals surface area contributed by atoms with Gasteiger partial charge in [0.15, 0.2) is 17.3 Å². The van der Waals surface area contributed by atoms with Crippen LogP contribution >= 0.6 is 11.3 Å². The number of carbonyl (C=O) groups is 3. The van der Waals surface area contributed by atoms with Crippen molar-refractivity contribution in [2.24, 2.45) is 11.8 Å². The Morgan fingerprint density at radius 2 is 1.93 bits per heavy atom. The van der Waals surface area contributed by atoms with Gasteiger partial charge in [-0.3, -0.25) is 14.4 Å². The first-order valence-electron chi connectivity index (χ1n) is 12.7. The topological polar surface area (TPSA) is 159 Å². The van der Waals surface area contributed by atoms with Crippen LogP contribution < -0.4 is 20.7 Å². The number of benzene rings is 1. The maximum Gasteiger partial charge on any atom is 0.272 e. The van der Waals surface area contributed by atoms with Crippen LogP contribution in [0.4, 0.5) is 17.2 Å². The van der Waals surface area contributed by atoms with Crippen molar-refractivity contribution in [3.8, 4) is 16.3 Å². The number of methoxy groups -OCH3 is 1. The lowest BCUT2D eigenvalue weighted by Crippen LogP contribution is -2.51. The Kier molecular flexibility index (Phi) is 8.05. The van der Waals surface area contributed by atoms with Gasteiger partial charge in [0.05, 0.1) is 53.8 Å². The highest BCUT2D eigenvalue weighted by Gasteiger charge is 2.32. The minimum atomic E-state index is -2.01. The number of rotatable bonds is 10. The summed E-state index contributed by atoms with van der Waals surface area (Å²) in [7, 11) is 18.1. The lowest BCUT2D eigenvalue weighted by atomic mass is 9.49. The zero-order valence-electron chi connectivity index (χ0n) is 22.1. The van der Waals surface area contributed by atoms with Gasteiger partial charge in [-0.2, -0.15) is 0 Å². The number of hydrogen-bond donors (Lipinski definition) is 4. The smallest absolute Gasteiger partial charge is 0.272 e. The van der Waals surface area contributed by atoms with Crippen molar-refractivity contribution in [1.82, 2.24) is 25.4 Å². The lowest BCUT2D eigenvalue weighted by Gasteiger charge is -2.37. The Morgan fingerprint density at radius 3 is 2.59 bits per heavy atom. The van der Waals surface area contributed by atoms with Crippen molar-refractivity contribution < 1.29 is 24.2 Å². The number of carbonyl (C=O) groups excluding carboxylic acids is 3. The van der Waals surface area contributed by atoms with E-state index in [0.717, 1.165) is 12.8 Å². The Bertz CT molecular complexity index is 1490. The number of thiazole rings is 1. The van der Waals surface area contributed by atoms with E-state index in [2.05, 4.69) is 31.1 Å². The molecule has 12 nitrogen and oxygen atoms in total. The molecule has 3 amide bonds. The lowest BCUT2D eigenvalue weighted by molar-refractivity contribution is -0.117. The van der Waals surface area contributed by atoms with E-state index < -0.39 is 11.1 Å². The van der Waals surface area contributed by atoms with E-state index in [9.17, 15) is 19.5 Å². The molecular weight excluding hydrogens is 543 g/mol. The molecule has 1 saturated heterocycles. The zero-order chi connectivity index (χ0) is 29.3. The van der Waals surface area contributed by atoms with Gasteiger partial charge in [-0.1, -0.05) is 11.3 Å². The highest BCUT2D eigenvalue weighted by Crippen LogP contribution is 2.40. The largest absolute Gasteiger partial charge is 0.494 e. The summed E-state index contributed by atoms with van der Waals surface area (Å²) >= 11 is 1.21. The summed E-state index contributed by atoms with van der Waals surface area (Å²) in [6, 6.07) is 6.69. The fourth-order valence-corrected chi connectivity index (χ4v) is 5.13. The molecule has 41 heavy (non-hydrogen) atoms. The second-order valence-electron chi connectivity index (χ2n) is 9.94. The summed E-state index contributed by atoms with van der Waals surface area (Å²) in [4.78, 5) is 44.6. The van der Waals surface area contributed by atoms with Gasteiger partial charge in [-0.25, -0.2) is 4.98 Å². The molecule has 2 fully saturated rings. The molecule has 5 rings (SSSR count). The molecule has 0 spiro atoms. The van der Waals surface area contributed by atoms with E-state index in [1.165, 1.54) is 30.7 Å². The SMILES string of the molecule is [B]C([B])([B])NC(=O)c1nnc(NC(=O)C2CC2)cc1Nc1cccc(-c2ncc(C(=O)N3CC(CO)C3)s2)c1OC. The van der Waals surface area contributed by atoms with Crippen LogP contribution in [0.5, 0.6) is 5.75 Å². The average Bonchev–Trinajstić information content (AvgIpc) is 3.63. The third-order valence-electron chi connectivity index (χ3n) is 6.48. The molecule has 204 valence electrons. The van der Waals surface area contributed by atoms with Crippen LogP contribution in [0.25, 0.3) is 10.6 Å². The summed E-state index contributed by atoms with van der Waals surface area (Å²) in [5, 5.41) is 23.7. The van der Waals surface area contributed by atoms with Crippen molar-refractivity contribution >= 4 is 69.8 Å². The second kappa shape index (κ2) is 11.5. The van der Waals surface area contributed by atoms with Gasteiger partial charge < -0.3 is 30.7 Å². The van der Waals surface area contributed by atoms with E-state index in [0.29, 0.717) is 40.0 Å². The molecule has 1 aromatic carbocycles. The number of aromatic nitrogens is 3. The van der Waals surface area contributed by atoms with Crippen LogP contribution in [-0.2, 0) is 4.79 Å². The number of ether oxygens (including phenoxy) is 1. The number of hydrogen-bond acceptors (Lipinski definition) is 10. The first-order chi connectivity index (χ1) is 19.6. The van der Waals surface area contributed by atoms with Crippen molar-refractivity contribution in [3.63, 3.8) is 0 Å². The zero-order valence-corrected chi connectivity index (χ0v) is 22.9. The Hall–Kier alpha value is -3.91. The quantitative estimate of drug-likeness (QED) is 0.258. The molecular formula is C25H24B3N7O5S. The van der Waals surface area contributed by atoms with Gasteiger partial charge in [0, 0.05) is 37.6 Å². The summed E-state index contributed by atoms with van der Waals surface area (Å²) in [6.07, 6.45) is 3.11. The Labute approximate surface area is 243 Å². The van der Waals surface area contributed by atoms with Gasteiger partial charge in [0.2, 0.25) is 5.91 Å². The van der Waals surface area contributed by atoms with E-state index in [1.807, 2.05) is 0 Å². The van der Waals surface area contributed by atoms with Crippen molar-refractivity contribution in [1.29, 1.82) is 0 Å². The molecule has 3 aromatic rings. The fourth-order valence-electron chi connectivity index (χ4n) is 4.22. The number of amides is 3. The molecule has 0 atom stereocenters. The molecule has 3 heterocycles. The van der Waals surface area contributed by atoms with Gasteiger partial charge >= 0.3 is 0 Å². The van der Waals surface area contributed by atoms with Gasteiger partial charge in [-0.05, 0) is 25.0 Å². The molecule has 1 saturated carbocycles. The third-order valence-corrected chi connectivity index (χ3v) is 7.50. The van der Waals surface area contributed by atoms with E-state index >= 15 is 0 Å². The first kappa shape index (κ1) is 28.6. The van der Waals surface area contributed by atoms with Crippen molar-refractivity contribution in [2.45, 2.75) is 18.1 Å². The summed E-state index contributed by atoms with van der Waals surface area (Å²) in [5.74, 6) is -0.612. The second-order valence-corrected chi connectivity index (χ2v) is 11.0. The summed E-state index contributed by atoms with van der Waals surface area (Å²) < 4.78 is 5.71. The number of aliphatic hydroxyl groups excluding tert-OH is 1. The van der Waals surface area contributed by atoms with Crippen LogP contribution in [0.3, 0.4) is 0 Å². The number of nitrogens with zero attached hydrogens (tertiary/aromatic N) is 4. The number of aliphatic hydroxyl groups is 1. The normalized spacial score (nSPS) is 15.1. The van der Waals surface area contributed by atoms with Gasteiger partial charge in [0.25, 0.3) is 11.8 Å². The standard InChI is InChI=1S/C25H24B3N7O5S/c1-40-20-14(23-29-8-17(41-23)24(39)35-9-12(10-35)11-36)3-2-4-15(20)30-16-7-18(31-21(37)13-5-6-13)33-34-19(16)22(38)32-25(26,27)28/h2-4,7-8,12-13,36H,5-6,9-11H2,1H3,(H,32,38)(H2,30,31,33,37). The van der Waals surface area contributed by atoms with Crippen LogP contribution in [0.15, 0.2) is 30.5 Å². The molecule has 4 N–H and O–H groups in total. The summed E-state index contributed by atoms with van der Waals surface area (Å²) in [5.41, 5.74) is 1.00. The third kappa shape index (κ3) is 6.54. The van der Waals surface area contributed by atoms with Crippen molar-refractivity contribution in [2.75, 3.05) is 37.4 Å². The molecule has 2 aromatic heterocycles. The number of para-hydroxylation sites is 1. The maximum absolute atomic E-state index is 12.9. The number of anilines is 3. The average molecular weight is 567 g/mol. The van der Waals surface area contributed by atoms with Gasteiger partial charge in [-0.15, -0.1) is 21.5 Å². The molecule has 0 unspecified atom stereocenters. The molecule has 1 aliphatic carbocycles. The van der Waals surface area contributed by atoms with Crippen LogP contribution in [0.2, 0.25) is 0 Å². The van der Waals surface area contributed by atoms with E-state index in [-0.39, 0.29) is 47.5 Å². The highest BCUT2D eigenvalue weighted by molar-refractivity contribution is 7.17. The van der Waals surface area contributed by atoms with E-state index in [4.69, 9.17) is 28.3 Å². The fraction of sp³-hybridized carbons (Fsp3) is 0.360. The van der Waals surface area contributed by atoms with Crippen LogP contribution in [0, 0.1) is 11.8 Å². The Balaban J connectivity index is 1.44. The molecule has 6 radical (unpaired) electrons.